The van der Waals surface area contributed by atoms with Crippen LogP contribution in [0.2, 0.25) is 0 Å². The molecule has 194 valence electrons. The van der Waals surface area contributed by atoms with Gasteiger partial charge in [0.25, 0.3) is 21.8 Å². The van der Waals surface area contributed by atoms with Crippen LogP contribution in [0.1, 0.15) is 39.6 Å². The first-order valence-corrected chi connectivity index (χ1v) is 12.7. The van der Waals surface area contributed by atoms with Crippen molar-refractivity contribution in [3.63, 3.8) is 0 Å². The molecular formula is C25H24FN3O7S. The molecule has 0 saturated carbocycles. The highest BCUT2D eigenvalue weighted by atomic mass is 32.2. The van der Waals surface area contributed by atoms with Gasteiger partial charge < -0.3 is 14.8 Å². The third-order valence-corrected chi connectivity index (χ3v) is 6.19. The minimum atomic E-state index is -4.32. The number of halogens is 1. The number of benzene rings is 2. The lowest BCUT2D eigenvalue weighted by Crippen LogP contribution is -2.31. The molecule has 37 heavy (non-hydrogen) atoms. The van der Waals surface area contributed by atoms with E-state index >= 15 is 0 Å². The van der Waals surface area contributed by atoms with Gasteiger partial charge in [-0.3, -0.25) is 9.59 Å². The molecule has 3 aromatic rings. The lowest BCUT2D eigenvalue weighted by atomic mass is 10.1. The predicted octanol–water partition coefficient (Wildman–Crippen LogP) is 3.24. The third-order valence-electron chi connectivity index (χ3n) is 4.86. The van der Waals surface area contributed by atoms with E-state index in [0.717, 1.165) is 17.8 Å². The van der Waals surface area contributed by atoms with Crippen molar-refractivity contribution in [3.05, 3.63) is 89.4 Å². The minimum Gasteiger partial charge on any atom is -0.434 e. The summed E-state index contributed by atoms with van der Waals surface area (Å²) < 4.78 is 50.0. The summed E-state index contributed by atoms with van der Waals surface area (Å²) in [5, 5.41) is 2.67. The van der Waals surface area contributed by atoms with Gasteiger partial charge in [0.05, 0.1) is 17.1 Å². The maximum Gasteiger partial charge on any atom is 0.515 e. The normalized spacial score (nSPS) is 10.9. The average molecular weight is 530 g/mol. The number of carbonyl (C=O) groups is 3. The van der Waals surface area contributed by atoms with Crippen LogP contribution in [0.3, 0.4) is 0 Å². The van der Waals surface area contributed by atoms with Crippen LogP contribution in [-0.2, 0) is 21.2 Å². The molecule has 0 aliphatic carbocycles. The molecule has 12 heteroatoms. The number of ether oxygens (including phenoxy) is 2. The van der Waals surface area contributed by atoms with E-state index in [0.29, 0.717) is 12.8 Å². The lowest BCUT2D eigenvalue weighted by molar-refractivity contribution is 0.0949. The summed E-state index contributed by atoms with van der Waals surface area (Å²) in [5.41, 5.74) is 0.798. The highest BCUT2D eigenvalue weighted by Crippen LogP contribution is 2.14. The fraction of sp³-hybridized carbons (Fsp3) is 0.200. The summed E-state index contributed by atoms with van der Waals surface area (Å²) in [4.78, 5) is 39.9. The van der Waals surface area contributed by atoms with Gasteiger partial charge in [0.15, 0.2) is 0 Å². The van der Waals surface area contributed by atoms with Gasteiger partial charge in [-0.05, 0) is 54.8 Å². The Bertz CT molecular complexity index is 1360. The van der Waals surface area contributed by atoms with Gasteiger partial charge in [0.1, 0.15) is 5.82 Å². The Morgan fingerprint density at radius 1 is 0.973 bits per heavy atom. The second-order valence-electron chi connectivity index (χ2n) is 7.68. The Hall–Kier alpha value is -4.32. The number of nitrogens with one attached hydrogen (secondary N) is 2. The fourth-order valence-electron chi connectivity index (χ4n) is 2.99. The van der Waals surface area contributed by atoms with Crippen LogP contribution in [0.25, 0.3) is 0 Å². The predicted molar refractivity (Wildman–Crippen MR) is 130 cm³/mol. The lowest BCUT2D eigenvalue weighted by Gasteiger charge is -2.10. The Morgan fingerprint density at radius 2 is 1.73 bits per heavy atom. The largest absolute Gasteiger partial charge is 0.515 e. The van der Waals surface area contributed by atoms with E-state index in [-0.39, 0.29) is 40.9 Å². The summed E-state index contributed by atoms with van der Waals surface area (Å²) in [6.45, 7) is 2.24. The summed E-state index contributed by atoms with van der Waals surface area (Å²) in [6, 6.07) is 13.5. The number of sulfonamides is 1. The van der Waals surface area contributed by atoms with Gasteiger partial charge in [0.2, 0.25) is 5.88 Å². The van der Waals surface area contributed by atoms with Gasteiger partial charge >= 0.3 is 6.16 Å². The van der Waals surface area contributed by atoms with E-state index in [1.165, 1.54) is 42.5 Å². The molecule has 0 aliphatic rings. The number of rotatable bonds is 10. The molecule has 0 spiro atoms. The van der Waals surface area contributed by atoms with Crippen molar-refractivity contribution < 1.29 is 36.7 Å². The standard InChI is InChI=1S/C25H24FN3O7S/c1-2-14-35-25(32)36-22-11-8-19(16-28-22)24(31)29-37(33,34)21-5-3-4-18(15-21)23(30)27-13-12-17-6-9-20(26)10-7-17/h3-11,15-16H,2,12-14H2,1H3,(H,27,30)(H,29,31). The summed E-state index contributed by atoms with van der Waals surface area (Å²) in [7, 11) is -4.32. The van der Waals surface area contributed by atoms with Crippen molar-refractivity contribution in [1.82, 2.24) is 15.0 Å². The highest BCUT2D eigenvalue weighted by Gasteiger charge is 2.21. The molecule has 0 bridgehead atoms. The van der Waals surface area contributed by atoms with Gasteiger partial charge in [0, 0.05) is 24.4 Å². The van der Waals surface area contributed by atoms with E-state index in [2.05, 4.69) is 10.3 Å². The Labute approximate surface area is 212 Å². The smallest absolute Gasteiger partial charge is 0.434 e. The number of hydrogen-bond acceptors (Lipinski definition) is 8. The van der Waals surface area contributed by atoms with E-state index in [1.54, 1.807) is 12.1 Å². The zero-order valence-corrected chi connectivity index (χ0v) is 20.6. The van der Waals surface area contributed by atoms with Crippen LogP contribution in [0, 0.1) is 5.82 Å². The number of nitrogens with zero attached hydrogens (tertiary/aromatic N) is 1. The van der Waals surface area contributed by atoms with Gasteiger partial charge in [-0.25, -0.2) is 27.3 Å². The van der Waals surface area contributed by atoms with Crippen LogP contribution in [0.15, 0.2) is 71.8 Å². The zero-order chi connectivity index (χ0) is 26.8. The molecular weight excluding hydrogens is 505 g/mol. The fourth-order valence-corrected chi connectivity index (χ4v) is 4.01. The molecule has 0 unspecified atom stereocenters. The second-order valence-corrected chi connectivity index (χ2v) is 9.36. The molecule has 2 amide bonds. The van der Waals surface area contributed by atoms with E-state index < -0.39 is 28.0 Å². The van der Waals surface area contributed by atoms with E-state index in [4.69, 9.17) is 9.47 Å². The van der Waals surface area contributed by atoms with Crippen LogP contribution >= 0.6 is 0 Å². The first-order valence-electron chi connectivity index (χ1n) is 11.2. The molecule has 10 nitrogen and oxygen atoms in total. The molecule has 1 aromatic heterocycles. The van der Waals surface area contributed by atoms with Crippen molar-refractivity contribution in [3.8, 4) is 5.88 Å². The number of amides is 2. The SMILES string of the molecule is CCCOC(=O)Oc1ccc(C(=O)NS(=O)(=O)c2cccc(C(=O)NCCc3ccc(F)cc3)c2)cn1. The number of aromatic nitrogens is 1. The van der Waals surface area contributed by atoms with Gasteiger partial charge in [-0.2, -0.15) is 0 Å². The Kier molecular flexibility index (Phi) is 9.27. The maximum atomic E-state index is 13.0. The molecule has 0 atom stereocenters. The summed E-state index contributed by atoms with van der Waals surface area (Å²) >= 11 is 0. The monoisotopic (exact) mass is 529 g/mol. The first-order chi connectivity index (χ1) is 17.7. The molecule has 2 N–H and O–H groups in total. The molecule has 0 fully saturated rings. The van der Waals surface area contributed by atoms with Crippen LogP contribution in [0.4, 0.5) is 9.18 Å². The number of pyridine rings is 1. The molecule has 0 radical (unpaired) electrons. The van der Waals surface area contributed by atoms with Crippen molar-refractivity contribution in [2.24, 2.45) is 0 Å². The zero-order valence-electron chi connectivity index (χ0n) is 19.8. The summed E-state index contributed by atoms with van der Waals surface area (Å²) in [5.74, 6) is -1.97. The molecule has 0 aliphatic heterocycles. The highest BCUT2D eigenvalue weighted by molar-refractivity contribution is 7.90. The van der Waals surface area contributed by atoms with Gasteiger partial charge in [-0.1, -0.05) is 25.1 Å². The minimum absolute atomic E-state index is 0.0764. The van der Waals surface area contributed by atoms with E-state index in [9.17, 15) is 27.2 Å². The van der Waals surface area contributed by atoms with Crippen molar-refractivity contribution in [1.29, 1.82) is 0 Å². The number of carbonyl (C=O) groups excluding carboxylic acids is 3. The summed E-state index contributed by atoms with van der Waals surface area (Å²) in [6.07, 6.45) is 1.16. The average Bonchev–Trinajstić information content (AvgIpc) is 2.88. The van der Waals surface area contributed by atoms with Crippen molar-refractivity contribution in [2.75, 3.05) is 13.2 Å². The van der Waals surface area contributed by atoms with Crippen molar-refractivity contribution >= 4 is 28.0 Å². The Balaban J connectivity index is 1.59. The molecule has 2 aromatic carbocycles. The molecule has 0 saturated heterocycles. The maximum absolute atomic E-state index is 13.0. The van der Waals surface area contributed by atoms with Crippen LogP contribution < -0.4 is 14.8 Å². The molecule has 3 rings (SSSR count). The van der Waals surface area contributed by atoms with Crippen LogP contribution in [0.5, 0.6) is 5.88 Å². The van der Waals surface area contributed by atoms with Gasteiger partial charge in [-0.15, -0.1) is 0 Å². The number of hydrogen-bond donors (Lipinski definition) is 2. The topological polar surface area (TPSA) is 141 Å². The first kappa shape index (κ1) is 27.3. The van der Waals surface area contributed by atoms with Crippen molar-refractivity contribution in [2.45, 2.75) is 24.7 Å². The Morgan fingerprint density at radius 3 is 2.41 bits per heavy atom. The van der Waals surface area contributed by atoms with E-state index in [1.807, 2.05) is 11.6 Å². The molecule has 1 heterocycles. The quantitative estimate of drug-likeness (QED) is 0.382. The second kappa shape index (κ2) is 12.6. The third kappa shape index (κ3) is 8.10. The van der Waals surface area contributed by atoms with Crippen LogP contribution in [-0.4, -0.2) is 44.5 Å².